The second kappa shape index (κ2) is 8.60. The van der Waals surface area contributed by atoms with E-state index in [1.54, 1.807) is 25.1 Å². The van der Waals surface area contributed by atoms with E-state index in [4.69, 9.17) is 0 Å². The van der Waals surface area contributed by atoms with Gasteiger partial charge in [-0.2, -0.15) is 0 Å². The molecule has 1 aliphatic rings. The highest BCUT2D eigenvalue weighted by molar-refractivity contribution is 9.10. The molecule has 10 heteroatoms. The summed E-state index contributed by atoms with van der Waals surface area (Å²) in [6, 6.07) is 9.56. The van der Waals surface area contributed by atoms with Gasteiger partial charge in [-0.3, -0.25) is 9.59 Å². The highest BCUT2D eigenvalue weighted by atomic mass is 79.9. The van der Waals surface area contributed by atoms with Crippen molar-refractivity contribution in [3.8, 4) is 0 Å². The van der Waals surface area contributed by atoms with Crippen LogP contribution in [0.3, 0.4) is 0 Å². The summed E-state index contributed by atoms with van der Waals surface area (Å²) in [6.07, 6.45) is 2.09. The number of carbonyl (C=O) groups is 2. The molecule has 0 bridgehead atoms. The highest BCUT2D eigenvalue weighted by Crippen LogP contribution is 2.32. The van der Waals surface area contributed by atoms with Crippen LogP contribution in [0.1, 0.15) is 24.0 Å². The van der Waals surface area contributed by atoms with E-state index in [0.717, 1.165) is 19.0 Å². The van der Waals surface area contributed by atoms with Gasteiger partial charge >= 0.3 is 0 Å². The molecular weight excluding hydrogens is 543 g/mol. The van der Waals surface area contributed by atoms with Crippen LogP contribution in [0.2, 0.25) is 0 Å². The molecule has 4 rings (SSSR count). The lowest BCUT2D eigenvalue weighted by molar-refractivity contribution is -0.131. The Bertz CT molecular complexity index is 1240. The Morgan fingerprint density at radius 3 is 2.03 bits per heavy atom. The predicted octanol–water partition coefficient (Wildman–Crippen LogP) is 4.84. The third-order valence-electron chi connectivity index (χ3n) is 4.48. The Morgan fingerprint density at radius 2 is 1.53 bits per heavy atom. The van der Waals surface area contributed by atoms with E-state index in [2.05, 4.69) is 32.1 Å². The monoisotopic (exact) mass is 558 g/mol. The predicted molar refractivity (Wildman–Crippen MR) is 118 cm³/mol. The lowest BCUT2D eigenvalue weighted by Crippen LogP contribution is -2.16. The number of nitrogens with zero attached hydrogens (tertiary/aromatic N) is 2. The molecule has 0 aliphatic carbocycles. The number of benzene rings is 2. The molecule has 0 radical (unpaired) electrons. The molecule has 2 amide bonds. The van der Waals surface area contributed by atoms with Crippen LogP contribution >= 0.6 is 32.1 Å². The van der Waals surface area contributed by atoms with Crippen molar-refractivity contribution < 1.29 is 22.4 Å². The number of hydrogen-bond acceptors (Lipinski definition) is 4. The summed E-state index contributed by atoms with van der Waals surface area (Å²) >= 11 is 6.11. The maximum absolute atomic E-state index is 14.3. The van der Waals surface area contributed by atoms with Gasteiger partial charge in [0.05, 0.1) is 21.0 Å². The van der Waals surface area contributed by atoms with Crippen LogP contribution in [0.5, 0.6) is 0 Å². The van der Waals surface area contributed by atoms with Crippen molar-refractivity contribution in [1.82, 2.24) is 7.90 Å². The number of halogens is 3. The van der Waals surface area contributed by atoms with E-state index in [0.29, 0.717) is 22.7 Å². The minimum atomic E-state index is -3.85. The average molecular weight is 560 g/mol. The lowest BCUT2D eigenvalue weighted by Gasteiger charge is -2.08. The number of aromatic nitrogens is 1. The number of imide groups is 1. The molecule has 0 saturated carbocycles. The number of rotatable bonds is 2. The standard InChI is InChI=1S/C16H13BrFNO2S.C4H4BrNO2/c1-10-3-5-12(6-4-10)22(20,21)19-9-14(17)13-7-11(2)8-15(18)16(13)19;5-6-3(7)1-2-4(6)8/h3-9H,1-2H3;1-2H2. The van der Waals surface area contributed by atoms with E-state index in [1.807, 2.05) is 6.92 Å². The van der Waals surface area contributed by atoms with E-state index < -0.39 is 15.8 Å². The largest absolute Gasteiger partial charge is 0.274 e. The van der Waals surface area contributed by atoms with Crippen LogP contribution in [0.15, 0.2) is 52.0 Å². The highest BCUT2D eigenvalue weighted by Gasteiger charge is 2.26. The first-order valence-electron chi connectivity index (χ1n) is 8.83. The molecule has 1 fully saturated rings. The molecule has 2 aromatic carbocycles. The maximum Gasteiger partial charge on any atom is 0.268 e. The molecule has 0 atom stereocenters. The van der Waals surface area contributed by atoms with Crippen molar-refractivity contribution in [2.75, 3.05) is 0 Å². The Balaban J connectivity index is 0.000000269. The number of aryl methyl sites for hydroxylation is 2. The summed E-state index contributed by atoms with van der Waals surface area (Å²) in [5.74, 6) is -0.846. The molecule has 2 heterocycles. The third-order valence-corrected chi connectivity index (χ3v) is 7.58. The van der Waals surface area contributed by atoms with Gasteiger partial charge in [-0.05, 0) is 59.6 Å². The topological polar surface area (TPSA) is 76.5 Å². The summed E-state index contributed by atoms with van der Waals surface area (Å²) in [4.78, 5) is 21.0. The van der Waals surface area contributed by atoms with E-state index in [9.17, 15) is 22.4 Å². The Labute approximate surface area is 190 Å². The number of carbonyl (C=O) groups excluding carboxylic acids is 2. The molecule has 0 N–H and O–H groups in total. The third kappa shape index (κ3) is 4.35. The summed E-state index contributed by atoms with van der Waals surface area (Å²) in [5.41, 5.74) is 1.74. The Morgan fingerprint density at radius 1 is 0.967 bits per heavy atom. The fraction of sp³-hybridized carbons (Fsp3) is 0.200. The molecule has 0 unspecified atom stereocenters. The molecule has 30 heavy (non-hydrogen) atoms. The first kappa shape index (κ1) is 22.6. The number of amides is 2. The van der Waals surface area contributed by atoms with E-state index >= 15 is 0 Å². The maximum atomic E-state index is 14.3. The van der Waals surface area contributed by atoms with Crippen LogP contribution in [0, 0.1) is 19.7 Å². The van der Waals surface area contributed by atoms with Crippen molar-refractivity contribution >= 4 is 64.8 Å². The van der Waals surface area contributed by atoms with Crippen LogP contribution in [-0.2, 0) is 19.6 Å². The second-order valence-corrected chi connectivity index (χ2v) is 10.2. The molecule has 1 aromatic heterocycles. The SMILES string of the molecule is Cc1ccc(S(=O)(=O)n2cc(Br)c3cc(C)cc(F)c32)cc1.O=C1CCC(=O)N1Br. The van der Waals surface area contributed by atoms with Crippen molar-refractivity contribution in [3.63, 3.8) is 0 Å². The fourth-order valence-electron chi connectivity index (χ4n) is 2.94. The molecular formula is C20H17Br2FN2O4S. The summed E-state index contributed by atoms with van der Waals surface area (Å²) < 4.78 is 42.4. The fourth-order valence-corrected chi connectivity index (χ4v) is 5.31. The van der Waals surface area contributed by atoms with Crippen molar-refractivity contribution in [2.24, 2.45) is 0 Å². The average Bonchev–Trinajstić information content (AvgIpc) is 3.17. The van der Waals surface area contributed by atoms with E-state index in [1.165, 1.54) is 24.4 Å². The first-order chi connectivity index (χ1) is 14.0. The van der Waals surface area contributed by atoms with Crippen LogP contribution < -0.4 is 0 Å². The van der Waals surface area contributed by atoms with Crippen molar-refractivity contribution in [3.05, 3.63) is 64.0 Å². The molecule has 158 valence electrons. The normalized spacial score (nSPS) is 14.2. The smallest absolute Gasteiger partial charge is 0.268 e. The lowest BCUT2D eigenvalue weighted by atomic mass is 10.2. The van der Waals surface area contributed by atoms with Gasteiger partial charge in [0.2, 0.25) is 11.8 Å². The van der Waals surface area contributed by atoms with Gasteiger partial charge < -0.3 is 0 Å². The minimum absolute atomic E-state index is 0.0538. The molecule has 0 spiro atoms. The zero-order valence-corrected chi connectivity index (χ0v) is 20.0. The molecule has 1 aliphatic heterocycles. The van der Waals surface area contributed by atoms with Crippen molar-refractivity contribution in [1.29, 1.82) is 0 Å². The van der Waals surface area contributed by atoms with Crippen molar-refractivity contribution in [2.45, 2.75) is 31.6 Å². The quantitative estimate of drug-likeness (QED) is 0.332. The van der Waals surface area contributed by atoms with Gasteiger partial charge in [0, 0.05) is 28.9 Å². The minimum Gasteiger partial charge on any atom is -0.274 e. The molecule has 6 nitrogen and oxygen atoms in total. The van der Waals surface area contributed by atoms with Crippen LogP contribution in [-0.4, -0.2) is 28.1 Å². The van der Waals surface area contributed by atoms with Gasteiger partial charge in [-0.1, -0.05) is 17.7 Å². The van der Waals surface area contributed by atoms with Crippen LogP contribution in [0.25, 0.3) is 10.9 Å². The van der Waals surface area contributed by atoms with Gasteiger partial charge in [0.1, 0.15) is 11.3 Å². The Hall–Kier alpha value is -2.04. The van der Waals surface area contributed by atoms with Gasteiger partial charge in [0.25, 0.3) is 10.0 Å². The summed E-state index contributed by atoms with van der Waals surface area (Å²) in [6.45, 7) is 3.64. The molecule has 1 saturated heterocycles. The zero-order valence-electron chi connectivity index (χ0n) is 16.0. The number of hydrogen-bond donors (Lipinski definition) is 0. The zero-order chi connectivity index (χ0) is 22.2. The second-order valence-electron chi connectivity index (χ2n) is 6.80. The Kier molecular flexibility index (Phi) is 6.49. The summed E-state index contributed by atoms with van der Waals surface area (Å²) in [5, 5.41) is 0.535. The van der Waals surface area contributed by atoms with Gasteiger partial charge in [-0.15, -0.1) is 0 Å². The van der Waals surface area contributed by atoms with Gasteiger partial charge in [0.15, 0.2) is 0 Å². The molecule has 3 aromatic rings. The van der Waals surface area contributed by atoms with E-state index in [-0.39, 0.29) is 22.2 Å². The first-order valence-corrected chi connectivity index (χ1v) is 11.8. The number of fused-ring (bicyclic) bond motifs is 1. The van der Waals surface area contributed by atoms with Gasteiger partial charge in [-0.25, -0.2) is 20.7 Å². The summed E-state index contributed by atoms with van der Waals surface area (Å²) in [7, 11) is -3.85. The van der Waals surface area contributed by atoms with Crippen LogP contribution in [0.4, 0.5) is 4.39 Å².